The lowest BCUT2D eigenvalue weighted by Gasteiger charge is -2.13. The molecule has 0 atom stereocenters. The Bertz CT molecular complexity index is 482. The molecule has 2 nitrogen and oxygen atoms in total. The number of rotatable bonds is 4. The summed E-state index contributed by atoms with van der Waals surface area (Å²) in [5.74, 6) is -0.912. The average Bonchev–Trinajstić information content (AvgIpc) is 2.31. The number of allylic oxidation sites excluding steroid dienone is 8. The second-order valence-corrected chi connectivity index (χ2v) is 4.33. The van der Waals surface area contributed by atoms with Crippen molar-refractivity contribution in [3.63, 3.8) is 0 Å². The van der Waals surface area contributed by atoms with E-state index in [-0.39, 0.29) is 11.6 Å². The fourth-order valence-corrected chi connectivity index (χ4v) is 1.93. The Morgan fingerprint density at radius 3 is 2.53 bits per heavy atom. The molecule has 0 N–H and O–H groups in total. The molecule has 19 heavy (non-hydrogen) atoms. The van der Waals surface area contributed by atoms with E-state index in [9.17, 15) is 13.6 Å². The molecule has 0 radical (unpaired) electrons. The van der Waals surface area contributed by atoms with Gasteiger partial charge >= 0.3 is 5.97 Å². The molecular weight excluding hydrogens is 250 g/mol. The van der Waals surface area contributed by atoms with Crippen LogP contribution in [0.1, 0.15) is 40.0 Å². The van der Waals surface area contributed by atoms with Gasteiger partial charge in [-0.1, -0.05) is 13.0 Å². The van der Waals surface area contributed by atoms with Gasteiger partial charge in [-0.15, -0.1) is 0 Å². The first-order valence-electron chi connectivity index (χ1n) is 6.25. The first-order chi connectivity index (χ1) is 8.93. The predicted molar refractivity (Wildman–Crippen MR) is 70.5 cm³/mol. The maximum absolute atomic E-state index is 14.1. The van der Waals surface area contributed by atoms with E-state index in [0.29, 0.717) is 24.8 Å². The quantitative estimate of drug-likeness (QED) is 0.421. The van der Waals surface area contributed by atoms with Gasteiger partial charge in [-0.3, -0.25) is 4.79 Å². The van der Waals surface area contributed by atoms with Crippen LogP contribution in [0.5, 0.6) is 0 Å². The molecule has 0 saturated heterocycles. The molecule has 0 amide bonds. The maximum atomic E-state index is 14.1. The van der Waals surface area contributed by atoms with Crippen LogP contribution in [0.2, 0.25) is 0 Å². The summed E-state index contributed by atoms with van der Waals surface area (Å²) in [6.45, 7) is 4.61. The van der Waals surface area contributed by atoms with Crippen molar-refractivity contribution in [3.8, 4) is 0 Å². The molecule has 1 aliphatic carbocycles. The number of esters is 1. The monoisotopic (exact) mass is 268 g/mol. The molecule has 0 aromatic heterocycles. The molecule has 0 aliphatic heterocycles. The van der Waals surface area contributed by atoms with Crippen molar-refractivity contribution in [1.29, 1.82) is 0 Å². The molecule has 1 rings (SSSR count). The standard InChI is InChI=1S/C15H18F2O2/c1-4-14(12-5-7-13(16)8-6-12)15(17)9-10(2)19-11(3)18/h5,7,9H,4,6,8H2,1-3H3/b10-9+,15-14-. The molecule has 0 heterocycles. The van der Waals surface area contributed by atoms with E-state index >= 15 is 0 Å². The number of hydrogen-bond acceptors (Lipinski definition) is 2. The smallest absolute Gasteiger partial charge is 0.307 e. The predicted octanol–water partition coefficient (Wildman–Crippen LogP) is 4.66. The molecule has 1 aliphatic rings. The van der Waals surface area contributed by atoms with Crippen LogP contribution in [-0.4, -0.2) is 5.97 Å². The summed E-state index contributed by atoms with van der Waals surface area (Å²) in [5, 5.41) is 0. The Kier molecular flexibility index (Phi) is 5.67. The second kappa shape index (κ2) is 7.02. The van der Waals surface area contributed by atoms with Gasteiger partial charge in [-0.05, 0) is 37.0 Å². The minimum absolute atomic E-state index is 0.189. The van der Waals surface area contributed by atoms with Gasteiger partial charge in [0.2, 0.25) is 0 Å². The zero-order valence-electron chi connectivity index (χ0n) is 11.4. The van der Waals surface area contributed by atoms with E-state index in [2.05, 4.69) is 0 Å². The lowest BCUT2D eigenvalue weighted by atomic mass is 9.94. The van der Waals surface area contributed by atoms with E-state index in [0.717, 1.165) is 5.57 Å². The van der Waals surface area contributed by atoms with Crippen molar-refractivity contribution >= 4 is 5.97 Å². The van der Waals surface area contributed by atoms with E-state index < -0.39 is 11.8 Å². The summed E-state index contributed by atoms with van der Waals surface area (Å²) in [5.41, 5.74) is 1.31. The fourth-order valence-electron chi connectivity index (χ4n) is 1.93. The Hall–Kier alpha value is -1.71. The second-order valence-electron chi connectivity index (χ2n) is 4.33. The van der Waals surface area contributed by atoms with E-state index in [1.807, 2.05) is 6.92 Å². The Morgan fingerprint density at radius 1 is 1.37 bits per heavy atom. The highest BCUT2D eigenvalue weighted by molar-refractivity contribution is 5.67. The van der Waals surface area contributed by atoms with Gasteiger partial charge in [0.15, 0.2) is 0 Å². The van der Waals surface area contributed by atoms with Crippen LogP contribution in [0.4, 0.5) is 8.78 Å². The topological polar surface area (TPSA) is 26.3 Å². The van der Waals surface area contributed by atoms with Gasteiger partial charge in [0.05, 0.1) is 0 Å². The number of halogens is 2. The van der Waals surface area contributed by atoms with Crippen molar-refractivity contribution in [1.82, 2.24) is 0 Å². The number of carbonyl (C=O) groups excluding carboxylic acids is 1. The fraction of sp³-hybridized carbons (Fsp3) is 0.400. The molecule has 0 aromatic carbocycles. The third-order valence-corrected chi connectivity index (χ3v) is 2.76. The summed E-state index contributed by atoms with van der Waals surface area (Å²) in [4.78, 5) is 10.8. The molecule has 0 bridgehead atoms. The van der Waals surface area contributed by atoms with Gasteiger partial charge in [-0.2, -0.15) is 0 Å². The van der Waals surface area contributed by atoms with Crippen LogP contribution < -0.4 is 0 Å². The maximum Gasteiger partial charge on any atom is 0.307 e. The van der Waals surface area contributed by atoms with E-state index in [1.165, 1.54) is 26.0 Å². The van der Waals surface area contributed by atoms with Gasteiger partial charge in [0.1, 0.15) is 17.4 Å². The van der Waals surface area contributed by atoms with Crippen molar-refractivity contribution in [2.45, 2.75) is 40.0 Å². The van der Waals surface area contributed by atoms with Crippen molar-refractivity contribution in [3.05, 3.63) is 46.8 Å². The van der Waals surface area contributed by atoms with Gasteiger partial charge < -0.3 is 4.74 Å². The third-order valence-electron chi connectivity index (χ3n) is 2.76. The summed E-state index contributed by atoms with van der Waals surface area (Å²) in [6.07, 6.45) is 5.44. The summed E-state index contributed by atoms with van der Waals surface area (Å²) in [6, 6.07) is 0. The summed E-state index contributed by atoms with van der Waals surface area (Å²) < 4.78 is 31.8. The highest BCUT2D eigenvalue weighted by atomic mass is 19.1. The number of carbonyl (C=O) groups is 1. The Morgan fingerprint density at radius 2 is 2.05 bits per heavy atom. The van der Waals surface area contributed by atoms with Crippen LogP contribution in [-0.2, 0) is 9.53 Å². The van der Waals surface area contributed by atoms with Crippen LogP contribution in [0, 0.1) is 0 Å². The Balaban J connectivity index is 3.00. The molecule has 0 aromatic rings. The molecule has 0 fully saturated rings. The van der Waals surface area contributed by atoms with Crippen LogP contribution in [0.25, 0.3) is 0 Å². The largest absolute Gasteiger partial charge is 0.431 e. The lowest BCUT2D eigenvalue weighted by molar-refractivity contribution is -0.136. The third kappa shape index (κ3) is 4.81. The summed E-state index contributed by atoms with van der Waals surface area (Å²) >= 11 is 0. The minimum Gasteiger partial charge on any atom is -0.431 e. The average molecular weight is 268 g/mol. The van der Waals surface area contributed by atoms with Crippen LogP contribution in [0.3, 0.4) is 0 Å². The van der Waals surface area contributed by atoms with Crippen molar-refractivity contribution < 1.29 is 18.3 Å². The first-order valence-corrected chi connectivity index (χ1v) is 6.25. The highest BCUT2D eigenvalue weighted by Crippen LogP contribution is 2.29. The van der Waals surface area contributed by atoms with Gasteiger partial charge in [0.25, 0.3) is 0 Å². The first kappa shape index (κ1) is 15.3. The molecule has 4 heteroatoms. The Labute approximate surface area is 112 Å². The lowest BCUT2D eigenvalue weighted by Crippen LogP contribution is -1.98. The molecule has 0 saturated carbocycles. The molecule has 0 spiro atoms. The molecular formula is C15H18F2O2. The van der Waals surface area contributed by atoms with E-state index in [4.69, 9.17) is 4.74 Å². The van der Waals surface area contributed by atoms with Gasteiger partial charge in [0, 0.05) is 19.4 Å². The van der Waals surface area contributed by atoms with Gasteiger partial charge in [-0.25, -0.2) is 8.78 Å². The zero-order valence-corrected chi connectivity index (χ0v) is 11.4. The zero-order chi connectivity index (χ0) is 14.4. The van der Waals surface area contributed by atoms with Crippen LogP contribution >= 0.6 is 0 Å². The summed E-state index contributed by atoms with van der Waals surface area (Å²) in [7, 11) is 0. The number of ether oxygens (including phenoxy) is 1. The normalized spacial score (nSPS) is 17.4. The minimum atomic E-state index is -0.485. The van der Waals surface area contributed by atoms with Crippen LogP contribution in [0.15, 0.2) is 46.8 Å². The highest BCUT2D eigenvalue weighted by Gasteiger charge is 2.13. The van der Waals surface area contributed by atoms with Crippen molar-refractivity contribution in [2.24, 2.45) is 0 Å². The van der Waals surface area contributed by atoms with E-state index in [1.54, 1.807) is 6.08 Å². The number of hydrogen-bond donors (Lipinski definition) is 0. The SMILES string of the molecule is CC/C(C1=CC=C(F)CC1)=C(F)\C=C(/C)OC(C)=O. The molecule has 104 valence electrons. The molecule has 0 unspecified atom stereocenters. The van der Waals surface area contributed by atoms with Crippen molar-refractivity contribution in [2.75, 3.05) is 0 Å².